The number of rotatable bonds is 4. The van der Waals surface area contributed by atoms with Crippen LogP contribution >= 0.6 is 11.6 Å². The molecule has 1 aliphatic heterocycles. The van der Waals surface area contributed by atoms with Crippen molar-refractivity contribution in [2.75, 3.05) is 4.90 Å². The van der Waals surface area contributed by atoms with Gasteiger partial charge in [0.25, 0.3) is 11.8 Å². The lowest BCUT2D eigenvalue weighted by atomic mass is 10.1. The average molecular weight is 408 g/mol. The van der Waals surface area contributed by atoms with E-state index in [1.807, 2.05) is 30.5 Å². The molecule has 2 heterocycles. The number of nitrogens with zero attached hydrogens (tertiary/aromatic N) is 2. The zero-order valence-corrected chi connectivity index (χ0v) is 16.4. The first kappa shape index (κ1) is 19.0. The molecule has 0 aliphatic carbocycles. The van der Waals surface area contributed by atoms with E-state index in [-0.39, 0.29) is 5.57 Å². The third-order valence-electron chi connectivity index (χ3n) is 4.75. The minimum Gasteiger partial charge on any atom is -0.347 e. The molecule has 7 heteroatoms. The van der Waals surface area contributed by atoms with Crippen LogP contribution in [0.25, 0.3) is 17.0 Å². The predicted octanol–water partition coefficient (Wildman–Crippen LogP) is 4.37. The van der Waals surface area contributed by atoms with Crippen LogP contribution in [-0.2, 0) is 16.1 Å². The minimum atomic E-state index is -0.798. The molecule has 0 unspecified atom stereocenters. The number of hydrogen-bond acceptors (Lipinski definition) is 3. The zero-order chi connectivity index (χ0) is 20.5. The molecule has 4 rings (SSSR count). The number of amides is 4. The summed E-state index contributed by atoms with van der Waals surface area (Å²) >= 11 is 6.00. The molecule has 0 saturated carbocycles. The van der Waals surface area contributed by atoms with Gasteiger partial charge in [-0.15, -0.1) is 0 Å². The first-order valence-corrected chi connectivity index (χ1v) is 9.62. The summed E-state index contributed by atoms with van der Waals surface area (Å²) in [5, 5.41) is 3.55. The van der Waals surface area contributed by atoms with Crippen molar-refractivity contribution in [1.29, 1.82) is 0 Å². The Kier molecular flexibility index (Phi) is 4.94. The van der Waals surface area contributed by atoms with Gasteiger partial charge in [-0.2, -0.15) is 0 Å². The van der Waals surface area contributed by atoms with Crippen LogP contribution in [0.2, 0.25) is 5.02 Å². The maximum Gasteiger partial charge on any atom is 0.335 e. The molecule has 29 heavy (non-hydrogen) atoms. The molecule has 0 bridgehead atoms. The fraction of sp³-hybridized carbons (Fsp3) is 0.136. The molecule has 1 aliphatic rings. The molecule has 1 fully saturated rings. The van der Waals surface area contributed by atoms with Crippen molar-refractivity contribution in [3.63, 3.8) is 0 Å². The lowest BCUT2D eigenvalue weighted by Gasteiger charge is -2.26. The van der Waals surface area contributed by atoms with Gasteiger partial charge < -0.3 is 4.57 Å². The van der Waals surface area contributed by atoms with Crippen molar-refractivity contribution < 1.29 is 14.4 Å². The molecule has 146 valence electrons. The van der Waals surface area contributed by atoms with E-state index in [9.17, 15) is 14.4 Å². The molecule has 2 aromatic carbocycles. The van der Waals surface area contributed by atoms with E-state index in [0.29, 0.717) is 10.7 Å². The fourth-order valence-corrected chi connectivity index (χ4v) is 3.66. The number of benzene rings is 2. The van der Waals surface area contributed by atoms with Crippen LogP contribution in [0.4, 0.5) is 10.5 Å². The van der Waals surface area contributed by atoms with Crippen molar-refractivity contribution in [3.8, 4) is 0 Å². The third kappa shape index (κ3) is 3.43. The number of carbonyl (C=O) groups excluding carboxylic acids is 3. The predicted molar refractivity (Wildman–Crippen MR) is 113 cm³/mol. The van der Waals surface area contributed by atoms with Crippen molar-refractivity contribution in [2.24, 2.45) is 0 Å². The van der Waals surface area contributed by atoms with E-state index < -0.39 is 17.8 Å². The summed E-state index contributed by atoms with van der Waals surface area (Å²) in [7, 11) is 0. The van der Waals surface area contributed by atoms with Crippen LogP contribution in [0.15, 0.2) is 60.3 Å². The van der Waals surface area contributed by atoms with Gasteiger partial charge in [-0.3, -0.25) is 14.9 Å². The summed E-state index contributed by atoms with van der Waals surface area (Å²) in [6.45, 7) is 2.90. The second kappa shape index (κ2) is 7.56. The molecule has 4 amide bonds. The lowest BCUT2D eigenvalue weighted by Crippen LogP contribution is -2.54. The van der Waals surface area contributed by atoms with Gasteiger partial charge in [-0.25, -0.2) is 9.69 Å². The monoisotopic (exact) mass is 407 g/mol. The first-order valence-electron chi connectivity index (χ1n) is 9.24. The average Bonchev–Trinajstić information content (AvgIpc) is 3.03. The molecular weight excluding hydrogens is 390 g/mol. The Hall–Kier alpha value is -3.38. The molecule has 6 nitrogen and oxygen atoms in total. The fourth-order valence-electron chi connectivity index (χ4n) is 3.48. The van der Waals surface area contributed by atoms with Gasteiger partial charge in [-0.05, 0) is 36.8 Å². The summed E-state index contributed by atoms with van der Waals surface area (Å²) in [5.74, 6) is -1.40. The Morgan fingerprint density at radius 1 is 1.07 bits per heavy atom. The van der Waals surface area contributed by atoms with E-state index in [0.717, 1.165) is 34.3 Å². The standard InChI is InChI=1S/C22H18ClN3O3/c1-2-10-25-13-14(17-8-3-4-9-19(17)25)11-18-20(27)24-22(29)26(21(18)28)16-7-5-6-15(23)12-16/h3-9,11-13H,2,10H2,1H3,(H,24,27,29)/b18-11+. The summed E-state index contributed by atoms with van der Waals surface area (Å²) in [6.07, 6.45) is 4.41. The Labute approximate surface area is 172 Å². The zero-order valence-electron chi connectivity index (χ0n) is 15.7. The van der Waals surface area contributed by atoms with Crippen molar-refractivity contribution in [2.45, 2.75) is 19.9 Å². The summed E-state index contributed by atoms with van der Waals surface area (Å²) in [5.41, 5.74) is 1.95. The number of anilines is 1. The van der Waals surface area contributed by atoms with Crippen LogP contribution < -0.4 is 10.2 Å². The van der Waals surface area contributed by atoms with Gasteiger partial charge in [0.05, 0.1) is 5.69 Å². The molecule has 3 aromatic rings. The molecule has 1 N–H and O–H groups in total. The topological polar surface area (TPSA) is 71.4 Å². The van der Waals surface area contributed by atoms with Gasteiger partial charge >= 0.3 is 6.03 Å². The van der Waals surface area contributed by atoms with Crippen molar-refractivity contribution >= 4 is 52.1 Å². The highest BCUT2D eigenvalue weighted by Crippen LogP contribution is 2.27. The molecule has 1 saturated heterocycles. The number of para-hydroxylation sites is 1. The Morgan fingerprint density at radius 3 is 2.62 bits per heavy atom. The van der Waals surface area contributed by atoms with Crippen LogP contribution in [-0.4, -0.2) is 22.4 Å². The normalized spacial score (nSPS) is 16.0. The number of aromatic nitrogens is 1. The number of halogens is 1. The van der Waals surface area contributed by atoms with Crippen LogP contribution in [0.1, 0.15) is 18.9 Å². The van der Waals surface area contributed by atoms with E-state index in [1.54, 1.807) is 18.2 Å². The molecule has 0 atom stereocenters. The molecule has 1 aromatic heterocycles. The molecule has 0 spiro atoms. The maximum atomic E-state index is 13.1. The van der Waals surface area contributed by atoms with E-state index in [1.165, 1.54) is 12.1 Å². The molecule has 0 radical (unpaired) electrons. The van der Waals surface area contributed by atoms with Gasteiger partial charge in [0.15, 0.2) is 0 Å². The number of hydrogen-bond donors (Lipinski definition) is 1. The van der Waals surface area contributed by atoms with Crippen LogP contribution in [0.3, 0.4) is 0 Å². The highest BCUT2D eigenvalue weighted by atomic mass is 35.5. The number of imide groups is 2. The summed E-state index contributed by atoms with van der Waals surface area (Å²) in [4.78, 5) is 38.8. The van der Waals surface area contributed by atoms with Gasteiger partial charge in [0.1, 0.15) is 5.57 Å². The quantitative estimate of drug-likeness (QED) is 0.515. The van der Waals surface area contributed by atoms with Gasteiger partial charge in [-0.1, -0.05) is 42.8 Å². The first-order chi connectivity index (χ1) is 14.0. The van der Waals surface area contributed by atoms with Crippen molar-refractivity contribution in [1.82, 2.24) is 9.88 Å². The lowest BCUT2D eigenvalue weighted by molar-refractivity contribution is -0.122. The van der Waals surface area contributed by atoms with E-state index in [4.69, 9.17) is 11.6 Å². The number of aryl methyl sites for hydroxylation is 1. The van der Waals surface area contributed by atoms with Crippen LogP contribution in [0, 0.1) is 0 Å². The second-order valence-corrected chi connectivity index (χ2v) is 7.17. The Bertz CT molecular complexity index is 1180. The summed E-state index contributed by atoms with van der Waals surface area (Å²) in [6, 6.07) is 13.4. The Balaban J connectivity index is 1.81. The van der Waals surface area contributed by atoms with Gasteiger partial charge in [0.2, 0.25) is 0 Å². The number of nitrogens with one attached hydrogen (secondary N) is 1. The second-order valence-electron chi connectivity index (χ2n) is 6.73. The third-order valence-corrected chi connectivity index (χ3v) is 4.99. The number of barbiturate groups is 1. The number of carbonyl (C=O) groups is 3. The highest BCUT2D eigenvalue weighted by Gasteiger charge is 2.37. The van der Waals surface area contributed by atoms with E-state index >= 15 is 0 Å². The van der Waals surface area contributed by atoms with Crippen molar-refractivity contribution in [3.05, 3.63) is 70.9 Å². The largest absolute Gasteiger partial charge is 0.347 e. The SMILES string of the molecule is CCCn1cc(/C=C2\C(=O)NC(=O)N(c3cccc(Cl)c3)C2=O)c2ccccc21. The number of urea groups is 1. The molecular formula is C22H18ClN3O3. The van der Waals surface area contributed by atoms with E-state index in [2.05, 4.69) is 16.8 Å². The van der Waals surface area contributed by atoms with Gasteiger partial charge in [0, 0.05) is 34.2 Å². The number of fused-ring (bicyclic) bond motifs is 1. The Morgan fingerprint density at radius 2 is 1.86 bits per heavy atom. The maximum absolute atomic E-state index is 13.1. The highest BCUT2D eigenvalue weighted by molar-refractivity contribution is 6.39. The smallest absolute Gasteiger partial charge is 0.335 e. The minimum absolute atomic E-state index is 0.107. The summed E-state index contributed by atoms with van der Waals surface area (Å²) < 4.78 is 2.09. The van der Waals surface area contributed by atoms with Crippen LogP contribution in [0.5, 0.6) is 0 Å².